The maximum absolute atomic E-state index is 12.6. The van der Waals surface area contributed by atoms with E-state index in [9.17, 15) is 9.59 Å². The Kier molecular flexibility index (Phi) is 6.76. The molecule has 0 atom stereocenters. The van der Waals surface area contributed by atoms with E-state index in [0.717, 1.165) is 16.7 Å². The van der Waals surface area contributed by atoms with Crippen molar-refractivity contribution in [3.63, 3.8) is 0 Å². The SMILES string of the molecule is COCc1ccccc1C(=O)NCc1cccc(NC(=O)c2ccc(C)cc2)c1. The van der Waals surface area contributed by atoms with Gasteiger partial charge in [0.15, 0.2) is 0 Å². The number of aryl methyl sites for hydroxylation is 1. The number of carbonyl (C=O) groups excluding carboxylic acids is 2. The molecule has 29 heavy (non-hydrogen) atoms. The van der Waals surface area contributed by atoms with E-state index >= 15 is 0 Å². The number of hydrogen-bond acceptors (Lipinski definition) is 3. The fourth-order valence-electron chi connectivity index (χ4n) is 2.97. The zero-order valence-electron chi connectivity index (χ0n) is 16.6. The molecule has 0 aliphatic rings. The molecule has 0 saturated heterocycles. The first-order valence-corrected chi connectivity index (χ1v) is 9.39. The standard InChI is InChI=1S/C24H24N2O3/c1-17-10-12-19(13-11-17)23(27)26-21-8-5-6-18(14-21)15-25-24(28)22-9-4-3-7-20(22)16-29-2/h3-14H,15-16H2,1-2H3,(H,25,28)(H,26,27). The Hall–Kier alpha value is -3.44. The molecule has 5 nitrogen and oxygen atoms in total. The third-order valence-electron chi connectivity index (χ3n) is 4.51. The van der Waals surface area contributed by atoms with E-state index in [0.29, 0.717) is 30.0 Å². The second-order valence-corrected chi connectivity index (χ2v) is 6.79. The predicted octanol–water partition coefficient (Wildman–Crippen LogP) is 4.32. The molecule has 0 unspecified atom stereocenters. The maximum Gasteiger partial charge on any atom is 0.255 e. The zero-order valence-corrected chi connectivity index (χ0v) is 16.6. The van der Waals surface area contributed by atoms with Crippen molar-refractivity contribution in [2.75, 3.05) is 12.4 Å². The second kappa shape index (κ2) is 9.66. The summed E-state index contributed by atoms with van der Waals surface area (Å²) in [5.74, 6) is -0.327. The topological polar surface area (TPSA) is 67.4 Å². The highest BCUT2D eigenvalue weighted by Gasteiger charge is 2.11. The van der Waals surface area contributed by atoms with E-state index < -0.39 is 0 Å². The van der Waals surface area contributed by atoms with Gasteiger partial charge in [0.25, 0.3) is 11.8 Å². The van der Waals surface area contributed by atoms with Crippen molar-refractivity contribution in [3.05, 3.63) is 101 Å². The first kappa shape index (κ1) is 20.3. The molecule has 0 fully saturated rings. The fourth-order valence-corrected chi connectivity index (χ4v) is 2.97. The van der Waals surface area contributed by atoms with Crippen LogP contribution in [0.2, 0.25) is 0 Å². The molecule has 3 aromatic rings. The molecule has 5 heteroatoms. The lowest BCUT2D eigenvalue weighted by Gasteiger charge is -2.11. The van der Waals surface area contributed by atoms with Crippen LogP contribution in [0.15, 0.2) is 72.8 Å². The van der Waals surface area contributed by atoms with Crippen molar-refractivity contribution in [2.45, 2.75) is 20.1 Å². The summed E-state index contributed by atoms with van der Waals surface area (Å²) in [6, 6.07) is 22.2. The van der Waals surface area contributed by atoms with Gasteiger partial charge in [0, 0.05) is 30.5 Å². The normalized spacial score (nSPS) is 10.4. The van der Waals surface area contributed by atoms with Gasteiger partial charge in [0.1, 0.15) is 0 Å². The quantitative estimate of drug-likeness (QED) is 0.633. The Morgan fingerprint density at radius 2 is 1.66 bits per heavy atom. The summed E-state index contributed by atoms with van der Waals surface area (Å²) in [7, 11) is 1.60. The van der Waals surface area contributed by atoms with E-state index in [1.165, 1.54) is 0 Å². The van der Waals surface area contributed by atoms with Gasteiger partial charge < -0.3 is 15.4 Å². The molecule has 3 rings (SSSR count). The molecule has 0 heterocycles. The van der Waals surface area contributed by atoms with E-state index in [4.69, 9.17) is 4.74 Å². The molecule has 0 aliphatic heterocycles. The highest BCUT2D eigenvalue weighted by atomic mass is 16.5. The van der Waals surface area contributed by atoms with Crippen LogP contribution in [0.5, 0.6) is 0 Å². The van der Waals surface area contributed by atoms with Crippen molar-refractivity contribution in [1.82, 2.24) is 5.32 Å². The van der Waals surface area contributed by atoms with Crippen molar-refractivity contribution in [3.8, 4) is 0 Å². The lowest BCUT2D eigenvalue weighted by atomic mass is 10.1. The van der Waals surface area contributed by atoms with Crippen LogP contribution in [0.3, 0.4) is 0 Å². The zero-order chi connectivity index (χ0) is 20.6. The molecular formula is C24H24N2O3. The Labute approximate surface area is 170 Å². The maximum atomic E-state index is 12.6. The van der Waals surface area contributed by atoms with Crippen molar-refractivity contribution in [1.29, 1.82) is 0 Å². The van der Waals surface area contributed by atoms with Crippen LogP contribution < -0.4 is 10.6 Å². The van der Waals surface area contributed by atoms with E-state index in [2.05, 4.69) is 10.6 Å². The van der Waals surface area contributed by atoms with Gasteiger partial charge in [-0.1, -0.05) is 48.0 Å². The number of anilines is 1. The summed E-state index contributed by atoms with van der Waals surface area (Å²) < 4.78 is 5.16. The lowest BCUT2D eigenvalue weighted by Crippen LogP contribution is -2.24. The van der Waals surface area contributed by atoms with Crippen LogP contribution >= 0.6 is 0 Å². The third kappa shape index (κ3) is 5.53. The number of hydrogen-bond donors (Lipinski definition) is 2. The minimum absolute atomic E-state index is 0.160. The van der Waals surface area contributed by atoms with Crippen molar-refractivity contribution < 1.29 is 14.3 Å². The summed E-state index contributed by atoms with van der Waals surface area (Å²) >= 11 is 0. The molecule has 2 N–H and O–H groups in total. The van der Waals surface area contributed by atoms with Gasteiger partial charge in [-0.2, -0.15) is 0 Å². The van der Waals surface area contributed by atoms with Gasteiger partial charge in [-0.15, -0.1) is 0 Å². The van der Waals surface area contributed by atoms with E-state index in [-0.39, 0.29) is 11.8 Å². The van der Waals surface area contributed by atoms with Crippen LogP contribution in [-0.4, -0.2) is 18.9 Å². The molecule has 148 valence electrons. The predicted molar refractivity (Wildman–Crippen MR) is 114 cm³/mol. The third-order valence-corrected chi connectivity index (χ3v) is 4.51. The van der Waals surface area contributed by atoms with Crippen molar-refractivity contribution >= 4 is 17.5 Å². The monoisotopic (exact) mass is 388 g/mol. The van der Waals surface area contributed by atoms with Gasteiger partial charge >= 0.3 is 0 Å². The average Bonchev–Trinajstić information content (AvgIpc) is 2.73. The van der Waals surface area contributed by atoms with Crippen LogP contribution in [0, 0.1) is 6.92 Å². The van der Waals surface area contributed by atoms with Gasteiger partial charge in [-0.05, 0) is 48.4 Å². The molecular weight excluding hydrogens is 364 g/mol. The highest BCUT2D eigenvalue weighted by Crippen LogP contribution is 2.14. The lowest BCUT2D eigenvalue weighted by molar-refractivity contribution is 0.0945. The van der Waals surface area contributed by atoms with E-state index in [1.807, 2.05) is 61.5 Å². The summed E-state index contributed by atoms with van der Waals surface area (Å²) in [5.41, 5.74) is 4.71. The average molecular weight is 388 g/mol. The number of nitrogens with one attached hydrogen (secondary N) is 2. The van der Waals surface area contributed by atoms with Gasteiger partial charge in [-0.25, -0.2) is 0 Å². The summed E-state index contributed by atoms with van der Waals surface area (Å²) in [5, 5.41) is 5.82. The minimum atomic E-state index is -0.167. The van der Waals surface area contributed by atoms with Crippen LogP contribution in [0.4, 0.5) is 5.69 Å². The highest BCUT2D eigenvalue weighted by molar-refractivity contribution is 6.04. The molecule has 2 amide bonds. The molecule has 0 saturated carbocycles. The first-order chi connectivity index (χ1) is 14.1. The molecule has 0 spiro atoms. The molecule has 0 bridgehead atoms. The smallest absolute Gasteiger partial charge is 0.255 e. The van der Waals surface area contributed by atoms with Crippen LogP contribution in [0.25, 0.3) is 0 Å². The molecule has 0 aromatic heterocycles. The minimum Gasteiger partial charge on any atom is -0.380 e. The first-order valence-electron chi connectivity index (χ1n) is 9.39. The van der Waals surface area contributed by atoms with Gasteiger partial charge in [-0.3, -0.25) is 9.59 Å². The Morgan fingerprint density at radius 1 is 0.897 bits per heavy atom. The fraction of sp³-hybridized carbons (Fsp3) is 0.167. The number of amides is 2. The van der Waals surface area contributed by atoms with E-state index in [1.54, 1.807) is 25.3 Å². The van der Waals surface area contributed by atoms with Gasteiger partial charge in [0.05, 0.1) is 6.61 Å². The second-order valence-electron chi connectivity index (χ2n) is 6.79. The Morgan fingerprint density at radius 3 is 2.41 bits per heavy atom. The molecule has 3 aromatic carbocycles. The number of benzene rings is 3. The van der Waals surface area contributed by atoms with Crippen molar-refractivity contribution in [2.24, 2.45) is 0 Å². The molecule has 0 aliphatic carbocycles. The van der Waals surface area contributed by atoms with Crippen LogP contribution in [-0.2, 0) is 17.9 Å². The number of ether oxygens (including phenoxy) is 1. The summed E-state index contributed by atoms with van der Waals surface area (Å²) in [6.45, 7) is 2.71. The van der Waals surface area contributed by atoms with Gasteiger partial charge in [0.2, 0.25) is 0 Å². The number of carbonyl (C=O) groups is 2. The Balaban J connectivity index is 1.63. The Bertz CT molecular complexity index is 997. The van der Waals surface area contributed by atoms with Crippen LogP contribution in [0.1, 0.15) is 37.4 Å². The summed E-state index contributed by atoms with van der Waals surface area (Å²) in [4.78, 5) is 24.9. The summed E-state index contributed by atoms with van der Waals surface area (Å²) in [6.07, 6.45) is 0. The number of rotatable bonds is 7. The molecule has 0 radical (unpaired) electrons. The number of methoxy groups -OCH3 is 1. The largest absolute Gasteiger partial charge is 0.380 e.